The lowest BCUT2D eigenvalue weighted by molar-refractivity contribution is -0.121. The van der Waals surface area contributed by atoms with E-state index in [1.807, 2.05) is 12.1 Å². The van der Waals surface area contributed by atoms with E-state index < -0.39 is 0 Å². The number of thioether (sulfide) groups is 1. The van der Waals surface area contributed by atoms with Crippen molar-refractivity contribution in [2.45, 2.75) is 5.75 Å². The molecule has 0 aromatic carbocycles. The van der Waals surface area contributed by atoms with Gasteiger partial charge in [-0.2, -0.15) is 11.8 Å². The van der Waals surface area contributed by atoms with Gasteiger partial charge in [-0.05, 0) is 17.7 Å². The Bertz CT molecular complexity index is 352. The van der Waals surface area contributed by atoms with Crippen molar-refractivity contribution >= 4 is 23.4 Å². The highest BCUT2D eigenvalue weighted by Gasteiger charge is 2.37. The summed E-state index contributed by atoms with van der Waals surface area (Å²) in [6.07, 6.45) is 1.71. The maximum absolute atomic E-state index is 9.25. The van der Waals surface area contributed by atoms with Gasteiger partial charge >= 0.3 is 0 Å². The van der Waals surface area contributed by atoms with Crippen molar-refractivity contribution in [2.75, 3.05) is 25.6 Å². The fourth-order valence-corrected chi connectivity index (χ4v) is 2.93. The molecular formula is C11H14ClNO2S. The van der Waals surface area contributed by atoms with Crippen LogP contribution in [0.5, 0.6) is 0 Å². The molecule has 0 bridgehead atoms. The lowest BCUT2D eigenvalue weighted by Gasteiger charge is -2.39. The molecule has 1 aliphatic heterocycles. The molecule has 0 unspecified atom stereocenters. The summed E-state index contributed by atoms with van der Waals surface area (Å²) in [5, 5.41) is 9.78. The van der Waals surface area contributed by atoms with Crippen molar-refractivity contribution in [2.24, 2.45) is 5.41 Å². The van der Waals surface area contributed by atoms with E-state index in [-0.39, 0.29) is 12.0 Å². The van der Waals surface area contributed by atoms with Crippen LogP contribution in [0, 0.1) is 5.41 Å². The first-order valence-electron chi connectivity index (χ1n) is 5.11. The fraction of sp³-hybridized carbons (Fsp3) is 0.545. The topological polar surface area (TPSA) is 42.4 Å². The molecule has 2 rings (SSSR count). The third kappa shape index (κ3) is 2.88. The molecule has 0 aliphatic carbocycles. The molecule has 0 saturated carbocycles. The highest BCUT2D eigenvalue weighted by molar-refractivity contribution is 7.98. The predicted molar refractivity (Wildman–Crippen MR) is 65.7 cm³/mol. The lowest BCUT2D eigenvalue weighted by atomic mass is 9.90. The van der Waals surface area contributed by atoms with Crippen molar-refractivity contribution in [1.82, 2.24) is 4.98 Å². The number of aromatic nitrogens is 1. The molecule has 2 heterocycles. The first-order chi connectivity index (χ1) is 7.74. The lowest BCUT2D eigenvalue weighted by Crippen LogP contribution is -2.47. The van der Waals surface area contributed by atoms with Gasteiger partial charge in [-0.1, -0.05) is 11.6 Å². The molecule has 0 spiro atoms. The summed E-state index contributed by atoms with van der Waals surface area (Å²) in [4.78, 5) is 3.94. The zero-order chi connectivity index (χ0) is 11.4. The van der Waals surface area contributed by atoms with Crippen LogP contribution in [0.15, 0.2) is 18.3 Å². The molecule has 1 aromatic heterocycles. The smallest absolute Gasteiger partial charge is 0.129 e. The molecule has 0 atom stereocenters. The third-order valence-electron chi connectivity index (χ3n) is 2.62. The number of ether oxygens (including phenoxy) is 1. The molecule has 1 aromatic rings. The Labute approximate surface area is 104 Å². The van der Waals surface area contributed by atoms with Crippen LogP contribution in [-0.4, -0.2) is 35.7 Å². The summed E-state index contributed by atoms with van der Waals surface area (Å²) in [6.45, 7) is 1.55. The number of pyridine rings is 1. The molecule has 3 nitrogen and oxygen atoms in total. The number of hydrogen-bond acceptors (Lipinski definition) is 4. The van der Waals surface area contributed by atoms with E-state index in [1.54, 1.807) is 18.0 Å². The second-order valence-electron chi connectivity index (χ2n) is 4.13. The molecule has 5 heteroatoms. The maximum atomic E-state index is 9.25. The number of aliphatic hydroxyl groups excluding tert-OH is 1. The molecule has 1 saturated heterocycles. The van der Waals surface area contributed by atoms with Gasteiger partial charge in [-0.25, -0.2) is 4.98 Å². The van der Waals surface area contributed by atoms with Crippen molar-refractivity contribution < 1.29 is 9.84 Å². The van der Waals surface area contributed by atoms with Gasteiger partial charge in [0.1, 0.15) is 5.15 Å². The van der Waals surface area contributed by atoms with Crippen LogP contribution in [0.1, 0.15) is 5.56 Å². The Morgan fingerprint density at radius 3 is 2.94 bits per heavy atom. The minimum absolute atomic E-state index is 0.0124. The van der Waals surface area contributed by atoms with Gasteiger partial charge in [0.05, 0.1) is 19.8 Å². The molecule has 16 heavy (non-hydrogen) atoms. The molecule has 1 aliphatic rings. The first kappa shape index (κ1) is 12.2. The van der Waals surface area contributed by atoms with Crippen LogP contribution < -0.4 is 0 Å². The summed E-state index contributed by atoms with van der Waals surface area (Å²) >= 11 is 7.60. The number of nitrogens with zero attached hydrogens (tertiary/aromatic N) is 1. The van der Waals surface area contributed by atoms with Crippen LogP contribution in [0.4, 0.5) is 0 Å². The van der Waals surface area contributed by atoms with Gasteiger partial charge in [0.2, 0.25) is 0 Å². The largest absolute Gasteiger partial charge is 0.396 e. The Morgan fingerprint density at radius 1 is 1.56 bits per heavy atom. The van der Waals surface area contributed by atoms with E-state index in [9.17, 15) is 5.11 Å². The quantitative estimate of drug-likeness (QED) is 0.821. The molecular weight excluding hydrogens is 246 g/mol. The molecule has 0 radical (unpaired) electrons. The minimum atomic E-state index is -0.0124. The predicted octanol–water partition coefficient (Wildman–Crippen LogP) is 1.98. The third-order valence-corrected chi connectivity index (χ3v) is 4.18. The van der Waals surface area contributed by atoms with E-state index in [4.69, 9.17) is 16.3 Å². The average molecular weight is 260 g/mol. The fourth-order valence-electron chi connectivity index (χ4n) is 1.53. The zero-order valence-corrected chi connectivity index (χ0v) is 10.4. The van der Waals surface area contributed by atoms with E-state index in [1.165, 1.54) is 5.56 Å². The van der Waals surface area contributed by atoms with Crippen molar-refractivity contribution in [3.05, 3.63) is 29.0 Å². The zero-order valence-electron chi connectivity index (χ0n) is 8.86. The van der Waals surface area contributed by atoms with E-state index in [0.29, 0.717) is 18.4 Å². The highest BCUT2D eigenvalue weighted by atomic mass is 35.5. The van der Waals surface area contributed by atoms with Gasteiger partial charge in [0.15, 0.2) is 0 Å². The van der Waals surface area contributed by atoms with Crippen LogP contribution in [0.25, 0.3) is 0 Å². The SMILES string of the molecule is OCC1(CSCc2ccnc(Cl)c2)COC1. The van der Waals surface area contributed by atoms with Crippen LogP contribution in [-0.2, 0) is 10.5 Å². The summed E-state index contributed by atoms with van der Waals surface area (Å²) in [6, 6.07) is 3.83. The van der Waals surface area contributed by atoms with Crippen molar-refractivity contribution in [1.29, 1.82) is 0 Å². The molecule has 1 N–H and O–H groups in total. The van der Waals surface area contributed by atoms with Gasteiger partial charge in [0.25, 0.3) is 0 Å². The standard InChI is InChI=1S/C11H14ClNO2S/c12-10-3-9(1-2-13-10)4-16-8-11(5-14)6-15-7-11/h1-3,14H,4-8H2. The number of rotatable bonds is 5. The monoisotopic (exact) mass is 259 g/mol. The molecule has 88 valence electrons. The summed E-state index contributed by atoms with van der Waals surface area (Å²) < 4.78 is 5.15. The van der Waals surface area contributed by atoms with Crippen molar-refractivity contribution in [3.63, 3.8) is 0 Å². The van der Waals surface area contributed by atoms with Gasteiger partial charge in [-0.3, -0.25) is 0 Å². The summed E-state index contributed by atoms with van der Waals surface area (Å²) in [5.41, 5.74) is 1.15. The maximum Gasteiger partial charge on any atom is 0.129 e. The minimum Gasteiger partial charge on any atom is -0.396 e. The Kier molecular flexibility index (Phi) is 4.08. The number of halogens is 1. The van der Waals surface area contributed by atoms with E-state index >= 15 is 0 Å². The van der Waals surface area contributed by atoms with Gasteiger partial charge in [-0.15, -0.1) is 0 Å². The Hall–Kier alpha value is -0.290. The van der Waals surface area contributed by atoms with Crippen LogP contribution >= 0.6 is 23.4 Å². The van der Waals surface area contributed by atoms with Crippen LogP contribution in [0.3, 0.4) is 0 Å². The van der Waals surface area contributed by atoms with E-state index in [2.05, 4.69) is 4.98 Å². The summed E-state index contributed by atoms with van der Waals surface area (Å²) in [5.74, 6) is 1.81. The summed E-state index contributed by atoms with van der Waals surface area (Å²) in [7, 11) is 0. The van der Waals surface area contributed by atoms with Crippen molar-refractivity contribution in [3.8, 4) is 0 Å². The van der Waals surface area contributed by atoms with Gasteiger partial charge < -0.3 is 9.84 Å². The normalized spacial score (nSPS) is 18.1. The second-order valence-corrected chi connectivity index (χ2v) is 5.50. The molecule has 1 fully saturated rings. The van der Waals surface area contributed by atoms with Crippen LogP contribution in [0.2, 0.25) is 5.15 Å². The number of hydrogen-bond donors (Lipinski definition) is 1. The van der Waals surface area contributed by atoms with Gasteiger partial charge in [0, 0.05) is 23.1 Å². The molecule has 0 amide bonds. The second kappa shape index (κ2) is 5.36. The highest BCUT2D eigenvalue weighted by Crippen LogP contribution is 2.32. The Balaban J connectivity index is 1.79. The average Bonchev–Trinajstić information content (AvgIpc) is 2.22. The number of aliphatic hydroxyl groups is 1. The first-order valence-corrected chi connectivity index (χ1v) is 6.64. The van der Waals surface area contributed by atoms with E-state index in [0.717, 1.165) is 11.5 Å². The Morgan fingerprint density at radius 2 is 2.38 bits per heavy atom.